The van der Waals surface area contributed by atoms with E-state index in [0.717, 1.165) is 41.6 Å². The summed E-state index contributed by atoms with van der Waals surface area (Å²) in [5.41, 5.74) is 0.747. The second-order valence-electron chi connectivity index (χ2n) is 4.33. The number of amides is 1. The predicted octanol–water partition coefficient (Wildman–Crippen LogP) is 2.24. The van der Waals surface area contributed by atoms with Crippen molar-refractivity contribution in [3.63, 3.8) is 0 Å². The van der Waals surface area contributed by atoms with E-state index in [1.54, 1.807) is 0 Å². The number of hydrogen-bond donors (Lipinski definition) is 1. The van der Waals surface area contributed by atoms with Gasteiger partial charge in [0.1, 0.15) is 5.58 Å². The van der Waals surface area contributed by atoms with Crippen LogP contribution in [0.3, 0.4) is 0 Å². The van der Waals surface area contributed by atoms with Crippen molar-refractivity contribution in [2.45, 2.75) is 0 Å². The van der Waals surface area contributed by atoms with Crippen molar-refractivity contribution in [3.05, 3.63) is 34.5 Å². The molecule has 1 saturated heterocycles. The van der Waals surface area contributed by atoms with Gasteiger partial charge in [0, 0.05) is 36.0 Å². The first-order valence-electron chi connectivity index (χ1n) is 5.93. The standard InChI is InChI=1S/C13H13BrN2O2/c14-10-1-2-11-9(7-10)8-12(18-11)13(17)16-5-3-15-4-6-16/h1-2,7-8,15H,3-6H2. The fraction of sp³-hybridized carbons (Fsp3) is 0.308. The molecule has 94 valence electrons. The van der Waals surface area contributed by atoms with E-state index in [-0.39, 0.29) is 5.91 Å². The Morgan fingerprint density at radius 1 is 1.28 bits per heavy atom. The average Bonchev–Trinajstić information content (AvgIpc) is 2.81. The predicted molar refractivity (Wildman–Crippen MR) is 72.7 cm³/mol. The van der Waals surface area contributed by atoms with Crippen molar-refractivity contribution in [3.8, 4) is 0 Å². The van der Waals surface area contributed by atoms with Gasteiger partial charge in [-0.2, -0.15) is 0 Å². The minimum Gasteiger partial charge on any atom is -0.451 e. The molecule has 1 aromatic carbocycles. The number of furan rings is 1. The van der Waals surface area contributed by atoms with E-state index in [2.05, 4.69) is 21.2 Å². The van der Waals surface area contributed by atoms with Gasteiger partial charge in [-0.1, -0.05) is 15.9 Å². The van der Waals surface area contributed by atoms with Gasteiger partial charge < -0.3 is 14.6 Å². The van der Waals surface area contributed by atoms with Gasteiger partial charge in [0.25, 0.3) is 5.91 Å². The summed E-state index contributed by atoms with van der Waals surface area (Å²) < 4.78 is 6.59. The largest absolute Gasteiger partial charge is 0.451 e. The molecular weight excluding hydrogens is 296 g/mol. The first-order valence-corrected chi connectivity index (χ1v) is 6.72. The quantitative estimate of drug-likeness (QED) is 0.879. The number of benzene rings is 1. The van der Waals surface area contributed by atoms with Crippen LogP contribution in [0.15, 0.2) is 33.2 Å². The van der Waals surface area contributed by atoms with Crippen LogP contribution in [-0.2, 0) is 0 Å². The maximum Gasteiger partial charge on any atom is 0.289 e. The molecule has 18 heavy (non-hydrogen) atoms. The van der Waals surface area contributed by atoms with E-state index < -0.39 is 0 Å². The SMILES string of the molecule is O=C(c1cc2cc(Br)ccc2o1)N1CCNCC1. The van der Waals surface area contributed by atoms with Gasteiger partial charge in [0.15, 0.2) is 5.76 Å². The Bertz CT molecular complexity index is 588. The number of halogens is 1. The van der Waals surface area contributed by atoms with E-state index in [1.165, 1.54) is 0 Å². The normalized spacial score (nSPS) is 16.2. The third-order valence-electron chi connectivity index (χ3n) is 3.09. The van der Waals surface area contributed by atoms with Crippen LogP contribution in [0.4, 0.5) is 0 Å². The molecule has 0 aliphatic carbocycles. The van der Waals surface area contributed by atoms with Crippen molar-refractivity contribution in [1.82, 2.24) is 10.2 Å². The fourth-order valence-corrected chi connectivity index (χ4v) is 2.52. The van der Waals surface area contributed by atoms with Crippen LogP contribution in [0.1, 0.15) is 10.6 Å². The lowest BCUT2D eigenvalue weighted by Crippen LogP contribution is -2.46. The van der Waals surface area contributed by atoms with Crippen molar-refractivity contribution < 1.29 is 9.21 Å². The average molecular weight is 309 g/mol. The van der Waals surface area contributed by atoms with Gasteiger partial charge >= 0.3 is 0 Å². The lowest BCUT2D eigenvalue weighted by Gasteiger charge is -2.26. The maximum atomic E-state index is 12.2. The Hall–Kier alpha value is -1.33. The molecule has 5 heteroatoms. The molecular formula is C13H13BrN2O2. The maximum absolute atomic E-state index is 12.2. The fourth-order valence-electron chi connectivity index (χ4n) is 2.14. The zero-order valence-electron chi connectivity index (χ0n) is 9.78. The smallest absolute Gasteiger partial charge is 0.289 e. The second kappa shape index (κ2) is 4.74. The summed E-state index contributed by atoms with van der Waals surface area (Å²) in [6.07, 6.45) is 0. The number of carbonyl (C=O) groups is 1. The molecule has 1 N–H and O–H groups in total. The molecule has 1 fully saturated rings. The van der Waals surface area contributed by atoms with Crippen molar-refractivity contribution >= 4 is 32.8 Å². The van der Waals surface area contributed by atoms with Gasteiger partial charge in [0.2, 0.25) is 0 Å². The first-order chi connectivity index (χ1) is 8.74. The highest BCUT2D eigenvalue weighted by molar-refractivity contribution is 9.10. The number of fused-ring (bicyclic) bond motifs is 1. The zero-order chi connectivity index (χ0) is 12.5. The monoisotopic (exact) mass is 308 g/mol. The highest BCUT2D eigenvalue weighted by atomic mass is 79.9. The summed E-state index contributed by atoms with van der Waals surface area (Å²) in [5.74, 6) is 0.397. The highest BCUT2D eigenvalue weighted by Gasteiger charge is 2.21. The molecule has 0 unspecified atom stereocenters. The van der Waals surface area contributed by atoms with Gasteiger partial charge in [-0.05, 0) is 24.3 Å². The van der Waals surface area contributed by atoms with Crippen LogP contribution in [0.2, 0.25) is 0 Å². The molecule has 1 aliphatic rings. The molecule has 2 heterocycles. The van der Waals surface area contributed by atoms with Crippen LogP contribution >= 0.6 is 15.9 Å². The van der Waals surface area contributed by atoms with Gasteiger partial charge in [-0.25, -0.2) is 0 Å². The number of nitrogens with zero attached hydrogens (tertiary/aromatic N) is 1. The third-order valence-corrected chi connectivity index (χ3v) is 3.59. The Kier molecular flexibility index (Phi) is 3.09. The molecule has 3 rings (SSSR count). The van der Waals surface area contributed by atoms with E-state index in [4.69, 9.17) is 4.42 Å². The number of nitrogens with one attached hydrogen (secondary N) is 1. The first kappa shape index (κ1) is 11.7. The summed E-state index contributed by atoms with van der Waals surface area (Å²) in [4.78, 5) is 14.1. The molecule has 0 bridgehead atoms. The highest BCUT2D eigenvalue weighted by Crippen LogP contribution is 2.24. The van der Waals surface area contributed by atoms with Crippen LogP contribution in [0.25, 0.3) is 11.0 Å². The summed E-state index contributed by atoms with van der Waals surface area (Å²) in [6.45, 7) is 3.16. The summed E-state index contributed by atoms with van der Waals surface area (Å²) in [7, 11) is 0. The van der Waals surface area contributed by atoms with E-state index >= 15 is 0 Å². The van der Waals surface area contributed by atoms with Crippen molar-refractivity contribution in [2.75, 3.05) is 26.2 Å². The van der Waals surface area contributed by atoms with E-state index in [9.17, 15) is 4.79 Å². The number of hydrogen-bond acceptors (Lipinski definition) is 3. The minimum absolute atomic E-state index is 0.0242. The molecule has 0 saturated carbocycles. The molecule has 0 radical (unpaired) electrons. The third kappa shape index (κ3) is 2.15. The number of carbonyl (C=O) groups excluding carboxylic acids is 1. The Labute approximate surface area is 113 Å². The zero-order valence-corrected chi connectivity index (χ0v) is 11.4. The number of rotatable bonds is 1. The van der Waals surface area contributed by atoms with Gasteiger partial charge in [0.05, 0.1) is 0 Å². The number of piperazine rings is 1. The van der Waals surface area contributed by atoms with E-state index in [0.29, 0.717) is 5.76 Å². The lowest BCUT2D eigenvalue weighted by atomic mass is 10.2. The second-order valence-corrected chi connectivity index (χ2v) is 5.25. The molecule has 0 spiro atoms. The minimum atomic E-state index is -0.0242. The molecule has 1 amide bonds. The Morgan fingerprint density at radius 3 is 2.83 bits per heavy atom. The lowest BCUT2D eigenvalue weighted by molar-refractivity contribution is 0.0706. The molecule has 1 aliphatic heterocycles. The summed E-state index contributed by atoms with van der Waals surface area (Å²) in [5, 5.41) is 4.17. The topological polar surface area (TPSA) is 45.5 Å². The molecule has 0 atom stereocenters. The van der Waals surface area contributed by atoms with Gasteiger partial charge in [-0.15, -0.1) is 0 Å². The Balaban J connectivity index is 1.91. The Morgan fingerprint density at radius 2 is 2.06 bits per heavy atom. The van der Waals surface area contributed by atoms with Crippen LogP contribution in [-0.4, -0.2) is 37.0 Å². The molecule has 1 aromatic heterocycles. The van der Waals surface area contributed by atoms with Crippen molar-refractivity contribution in [1.29, 1.82) is 0 Å². The van der Waals surface area contributed by atoms with Crippen LogP contribution in [0.5, 0.6) is 0 Å². The molecule has 2 aromatic rings. The summed E-state index contributed by atoms with van der Waals surface area (Å²) in [6, 6.07) is 7.54. The van der Waals surface area contributed by atoms with Gasteiger partial charge in [-0.3, -0.25) is 4.79 Å². The van der Waals surface area contributed by atoms with Crippen LogP contribution < -0.4 is 5.32 Å². The molecule has 4 nitrogen and oxygen atoms in total. The van der Waals surface area contributed by atoms with E-state index in [1.807, 2.05) is 29.2 Å². The van der Waals surface area contributed by atoms with Crippen molar-refractivity contribution in [2.24, 2.45) is 0 Å². The summed E-state index contributed by atoms with van der Waals surface area (Å²) >= 11 is 3.41. The van der Waals surface area contributed by atoms with Crippen LogP contribution in [0, 0.1) is 0 Å².